The maximum Gasteiger partial charge on any atom is 0.0708 e. The van der Waals surface area contributed by atoms with E-state index in [2.05, 4.69) is 70.8 Å². The van der Waals surface area contributed by atoms with Crippen molar-refractivity contribution >= 4 is 37.2 Å². The third kappa shape index (κ3) is 14.9. The fourth-order valence-corrected chi connectivity index (χ4v) is 3.47. The van der Waals surface area contributed by atoms with Gasteiger partial charge in [-0.2, -0.15) is 0 Å². The van der Waals surface area contributed by atoms with Gasteiger partial charge in [-0.15, -0.1) is 0 Å². The summed E-state index contributed by atoms with van der Waals surface area (Å²) in [4.78, 5) is 14.8. The minimum atomic E-state index is -0.954. The predicted octanol–water partition coefficient (Wildman–Crippen LogP) is 8.22. The molecule has 0 radical (unpaired) electrons. The van der Waals surface area contributed by atoms with Gasteiger partial charge in [0.25, 0.3) is 0 Å². The Balaban J connectivity index is -0.000000207. The second kappa shape index (κ2) is 18.6. The molecular formula is C24H40ClN4O3Pt-2. The number of aromatic nitrogens is 1. The van der Waals surface area contributed by atoms with E-state index >= 15 is 0 Å². The van der Waals surface area contributed by atoms with Gasteiger partial charge in [0.15, 0.2) is 0 Å². The standard InChI is InChI=1S/C13H9N.C9H19NO2.CH4O.CH4.ClH.2H2N.Pt/c1-2-6-11-10(5-1)9-14-13-8-4-3-7-12(11)13;1-8(2,3)6-9(4,5)10-7(11)12;1-2;;;;;/h1-9H;10H,6H2,1-5H3,(H,11,12);2H,1H3;1H4;1H;2*1H2;/q;;;;;2*-1;+1/p-1. The largest absolute Gasteiger partial charge is 0.693 e. The summed E-state index contributed by atoms with van der Waals surface area (Å²) in [5.41, 5.74) is 0.863. The summed E-state index contributed by atoms with van der Waals surface area (Å²) in [5, 5.41) is 21.7. The number of fused-ring (bicyclic) bond motifs is 3. The fraction of sp³-hybridized carbons (Fsp3) is 0.417. The topological polar surface area (TPSA) is 149 Å². The van der Waals surface area contributed by atoms with Crippen LogP contribution in [0.1, 0.15) is 48.5 Å². The average Bonchev–Trinajstić information content (AvgIpc) is 2.68. The number of rotatable bonds is 2. The quantitative estimate of drug-likeness (QED) is 0.237. The van der Waals surface area contributed by atoms with E-state index in [9.17, 15) is 4.79 Å². The fourth-order valence-electron chi connectivity index (χ4n) is 3.47. The maximum absolute atomic E-state index is 10.4. The van der Waals surface area contributed by atoms with Crippen LogP contribution in [0.5, 0.6) is 0 Å². The molecule has 193 valence electrons. The molecule has 33 heavy (non-hydrogen) atoms. The molecule has 0 saturated heterocycles. The molecule has 0 fully saturated rings. The smallest absolute Gasteiger partial charge is 0.0708 e. The normalized spacial score (nSPS) is 9.64. The first-order chi connectivity index (χ1) is 14.1. The van der Waals surface area contributed by atoms with Crippen LogP contribution >= 0.6 is 9.42 Å². The molecule has 2 aromatic carbocycles. The molecule has 0 unspecified atom stereocenters. The van der Waals surface area contributed by atoms with Crippen molar-refractivity contribution in [2.45, 2.75) is 54.0 Å². The Hall–Kier alpha value is -1.76. The van der Waals surface area contributed by atoms with Crippen LogP contribution < -0.4 is 5.32 Å². The minimum absolute atomic E-state index is 0. The molecule has 0 aliphatic rings. The first-order valence-corrected chi connectivity index (χ1v) is 12.2. The Kier molecular flexibility index (Phi) is 21.7. The second-order valence-corrected chi connectivity index (χ2v) is 8.41. The molecule has 7 nitrogen and oxygen atoms in total. The van der Waals surface area contributed by atoms with E-state index in [-0.39, 0.29) is 30.7 Å². The molecule has 0 saturated carbocycles. The molecule has 0 bridgehead atoms. The number of pyridine rings is 1. The van der Waals surface area contributed by atoms with Crippen LogP contribution in [0.25, 0.3) is 34.0 Å². The number of aliphatic hydroxyl groups excluding tert-OH is 1. The number of carbonyl (C=O) groups is 1. The number of nitrogens with one attached hydrogen (secondary N) is 1. The molecule has 3 rings (SSSR count). The Morgan fingerprint density at radius 1 is 0.939 bits per heavy atom. The summed E-state index contributed by atoms with van der Waals surface area (Å²) in [6.07, 6.45) is 1.80. The number of halogens is 1. The van der Waals surface area contributed by atoms with Crippen LogP contribution in [0.2, 0.25) is 0 Å². The van der Waals surface area contributed by atoms with Gasteiger partial charge >= 0.3 is 34.3 Å². The Labute approximate surface area is 214 Å². The number of amides is 1. The van der Waals surface area contributed by atoms with Gasteiger partial charge in [-0.05, 0) is 37.1 Å². The van der Waals surface area contributed by atoms with Gasteiger partial charge in [-0.25, -0.2) is 4.79 Å². The summed E-state index contributed by atoms with van der Waals surface area (Å²) >= 11 is 1.61. The summed E-state index contributed by atoms with van der Waals surface area (Å²) in [5.74, 6) is 0. The molecule has 0 aliphatic heterocycles. The van der Waals surface area contributed by atoms with Gasteiger partial charge < -0.3 is 27.8 Å². The van der Waals surface area contributed by atoms with Crippen molar-refractivity contribution in [1.29, 1.82) is 0 Å². The molecule has 0 spiro atoms. The van der Waals surface area contributed by atoms with Crippen molar-refractivity contribution in [3.8, 4) is 0 Å². The first kappa shape index (κ1) is 38.5. The zero-order valence-electron chi connectivity index (χ0n) is 19.5. The monoisotopic (exact) mass is 662 g/mol. The van der Waals surface area contributed by atoms with Crippen molar-refractivity contribution in [3.63, 3.8) is 0 Å². The van der Waals surface area contributed by atoms with E-state index in [1.54, 1.807) is 18.8 Å². The third-order valence-electron chi connectivity index (χ3n) is 3.92. The molecular weight excluding hydrogens is 623 g/mol. The van der Waals surface area contributed by atoms with E-state index in [1.165, 1.54) is 16.2 Å². The summed E-state index contributed by atoms with van der Waals surface area (Å²) < 4.78 is 0. The molecule has 0 atom stereocenters. The molecule has 1 heterocycles. The van der Waals surface area contributed by atoms with Crippen LogP contribution in [0, 0.1) is 5.41 Å². The van der Waals surface area contributed by atoms with Gasteiger partial charge in [0.2, 0.25) is 0 Å². The van der Waals surface area contributed by atoms with E-state index in [1.807, 2.05) is 38.2 Å². The van der Waals surface area contributed by atoms with Crippen LogP contribution in [0.4, 0.5) is 4.79 Å². The van der Waals surface area contributed by atoms with E-state index in [0.717, 1.165) is 19.0 Å². The van der Waals surface area contributed by atoms with Crippen molar-refractivity contribution in [3.05, 3.63) is 67.0 Å². The first-order valence-electron chi connectivity index (χ1n) is 9.38. The number of hydrogen-bond donors (Lipinski definition) is 3. The van der Waals surface area contributed by atoms with Crippen molar-refractivity contribution in [2.24, 2.45) is 5.41 Å². The van der Waals surface area contributed by atoms with E-state index < -0.39 is 6.09 Å². The third-order valence-corrected chi connectivity index (χ3v) is 3.92. The Bertz CT molecular complexity index is 864. The van der Waals surface area contributed by atoms with Gasteiger partial charge in [-0.1, -0.05) is 70.7 Å². The molecule has 7 N–H and O–H groups in total. The predicted molar refractivity (Wildman–Crippen MR) is 140 cm³/mol. The number of aliphatic hydroxyl groups is 1. The van der Waals surface area contributed by atoms with Crippen LogP contribution in [0.15, 0.2) is 54.7 Å². The number of benzene rings is 2. The van der Waals surface area contributed by atoms with E-state index in [0.29, 0.717) is 0 Å². The van der Waals surface area contributed by atoms with Gasteiger partial charge in [0.1, 0.15) is 0 Å². The summed E-state index contributed by atoms with van der Waals surface area (Å²) in [7, 11) is 5.61. The van der Waals surface area contributed by atoms with Gasteiger partial charge in [-0.3, -0.25) is 4.98 Å². The number of nitrogens with two attached hydrogens (primary N) is 2. The molecule has 9 heteroatoms. The Morgan fingerprint density at radius 3 is 1.88 bits per heavy atom. The van der Waals surface area contributed by atoms with Gasteiger partial charge in [0, 0.05) is 29.6 Å². The summed E-state index contributed by atoms with van der Waals surface area (Å²) in [6.45, 7) is 10.1. The van der Waals surface area contributed by atoms with Crippen LogP contribution in [-0.4, -0.2) is 33.9 Å². The zero-order valence-corrected chi connectivity index (χ0v) is 22.5. The van der Waals surface area contributed by atoms with Crippen LogP contribution in [-0.2, 0) is 18.8 Å². The second-order valence-electron chi connectivity index (χ2n) is 8.41. The van der Waals surface area contributed by atoms with E-state index in [4.69, 9.17) is 10.2 Å². The minimum Gasteiger partial charge on any atom is -0.693 e. The summed E-state index contributed by atoms with van der Waals surface area (Å²) in [6, 6.07) is 16.6. The zero-order chi connectivity index (χ0) is 23.4. The van der Waals surface area contributed by atoms with Crippen LogP contribution in [0.3, 0.4) is 0 Å². The van der Waals surface area contributed by atoms with Crippen molar-refractivity contribution in [2.75, 3.05) is 7.11 Å². The number of para-hydroxylation sites is 1. The number of nitrogens with zero attached hydrogens (tertiary/aromatic N) is 1. The molecule has 3 aromatic rings. The molecule has 0 aliphatic carbocycles. The number of carboxylic acid groups (broad SMARTS) is 1. The SMILES string of the molecule is C.CC(C)(C)CC(C)(C)NC(=O)O.CO.[Cl][Pt].[NH2-].[NH2-].c1ccc2c(c1)cnc1ccccc12. The van der Waals surface area contributed by atoms with Crippen molar-refractivity contribution < 1.29 is 33.8 Å². The van der Waals surface area contributed by atoms with Gasteiger partial charge in [0.05, 0.1) is 5.52 Å². The van der Waals surface area contributed by atoms with Crippen molar-refractivity contribution in [1.82, 2.24) is 10.3 Å². The Morgan fingerprint density at radius 2 is 1.39 bits per heavy atom. The average molecular weight is 663 g/mol. The maximum atomic E-state index is 10.4. The molecule has 1 amide bonds. The number of hydrogen-bond acceptors (Lipinski definition) is 3. The molecule has 1 aromatic heterocycles.